The molecule has 33 heavy (non-hydrogen) atoms. The number of rotatable bonds is 3. The van der Waals surface area contributed by atoms with E-state index in [1.54, 1.807) is 58.0 Å². The van der Waals surface area contributed by atoms with Crippen LogP contribution in [-0.2, 0) is 10.5 Å². The smallest absolute Gasteiger partial charge is 0.419 e. The first-order valence-corrected chi connectivity index (χ1v) is 10.3. The van der Waals surface area contributed by atoms with Gasteiger partial charge in [0.1, 0.15) is 11.4 Å². The largest absolute Gasteiger partial charge is 0.496 e. The molecule has 0 radical (unpaired) electrons. The number of halogens is 1. The molecule has 0 saturated carbocycles. The summed E-state index contributed by atoms with van der Waals surface area (Å²) in [4.78, 5) is 20.0. The molecular weight excluding hydrogens is 425 g/mol. The van der Waals surface area contributed by atoms with Gasteiger partial charge >= 0.3 is 6.09 Å². The maximum Gasteiger partial charge on any atom is 0.419 e. The van der Waals surface area contributed by atoms with Crippen LogP contribution >= 0.6 is 0 Å². The van der Waals surface area contributed by atoms with Crippen LogP contribution < -0.4 is 10.5 Å². The second-order valence-corrected chi connectivity index (χ2v) is 8.84. The summed E-state index contributed by atoms with van der Waals surface area (Å²) in [5.74, 6) is -2.53. The van der Waals surface area contributed by atoms with Crippen molar-refractivity contribution in [2.75, 3.05) is 7.11 Å². The molecule has 9 heteroatoms. The summed E-state index contributed by atoms with van der Waals surface area (Å²) in [6.07, 6.45) is 0.925. The van der Waals surface area contributed by atoms with Gasteiger partial charge in [0.05, 0.1) is 40.9 Å². The van der Waals surface area contributed by atoms with Gasteiger partial charge in [0, 0.05) is 11.6 Å². The number of aromatic nitrogens is 3. The molecule has 2 heterocycles. The Morgan fingerprint density at radius 2 is 2.00 bits per heavy atom. The molecule has 1 atom stereocenters. The maximum atomic E-state index is 16.4. The highest BCUT2D eigenvalue weighted by Gasteiger charge is 2.39. The van der Waals surface area contributed by atoms with Crippen LogP contribution in [0, 0.1) is 18.3 Å². The van der Waals surface area contributed by atoms with Gasteiger partial charge in [0.25, 0.3) is 0 Å². The Labute approximate surface area is 189 Å². The summed E-state index contributed by atoms with van der Waals surface area (Å²) in [5.41, 5.74) is 8.03. The van der Waals surface area contributed by atoms with Crippen LogP contribution in [0.25, 0.3) is 21.9 Å². The molecule has 4 aromatic rings. The zero-order valence-electron chi connectivity index (χ0n) is 19.0. The Morgan fingerprint density at radius 1 is 1.27 bits per heavy atom. The highest BCUT2D eigenvalue weighted by molar-refractivity contribution is 5.96. The molecule has 2 aromatic heterocycles. The van der Waals surface area contributed by atoms with Gasteiger partial charge in [-0.15, -0.1) is 0 Å². The van der Waals surface area contributed by atoms with Crippen LogP contribution in [-0.4, -0.2) is 33.3 Å². The van der Waals surface area contributed by atoms with Gasteiger partial charge in [0.2, 0.25) is 5.79 Å². The Kier molecular flexibility index (Phi) is 5.14. The first-order chi connectivity index (χ1) is 15.5. The van der Waals surface area contributed by atoms with Crippen molar-refractivity contribution >= 4 is 28.0 Å². The van der Waals surface area contributed by atoms with Crippen molar-refractivity contribution in [2.45, 2.75) is 39.1 Å². The van der Waals surface area contributed by atoms with Crippen LogP contribution in [0.3, 0.4) is 0 Å². The number of nitrogens with one attached hydrogen (secondary N) is 1. The van der Waals surface area contributed by atoms with E-state index in [9.17, 15) is 4.79 Å². The van der Waals surface area contributed by atoms with Gasteiger partial charge in [-0.1, -0.05) is 0 Å². The number of aromatic amines is 1. The number of H-pyrrole nitrogens is 1. The minimum Gasteiger partial charge on any atom is -0.496 e. The second kappa shape index (κ2) is 7.60. The highest BCUT2D eigenvalue weighted by Crippen LogP contribution is 2.41. The summed E-state index contributed by atoms with van der Waals surface area (Å²) in [6.45, 7) is 7.09. The van der Waals surface area contributed by atoms with E-state index in [1.807, 2.05) is 6.07 Å². The lowest BCUT2D eigenvalue weighted by Crippen LogP contribution is -2.35. The Hall–Kier alpha value is -3.90. The molecule has 170 valence electrons. The standard InChI is InChI=1S/C24H24FN5O3/c1-13-10-18(32-5)19(15-8-9-30(20(13)15)22(31)33-23(2,3)4)24(25,27)21-28-16-7-6-14(12-26)11-17(16)29-21/h6-11H,27H2,1-5H3,(H,28,29). The highest BCUT2D eigenvalue weighted by atomic mass is 19.1. The van der Waals surface area contributed by atoms with Crippen LogP contribution in [0.1, 0.15) is 43.3 Å². The van der Waals surface area contributed by atoms with Crippen molar-refractivity contribution in [1.29, 1.82) is 5.26 Å². The molecule has 0 fully saturated rings. The number of hydrogen-bond acceptors (Lipinski definition) is 6. The van der Waals surface area contributed by atoms with Gasteiger partial charge in [-0.3, -0.25) is 10.3 Å². The molecule has 0 aliphatic heterocycles. The van der Waals surface area contributed by atoms with Crippen molar-refractivity contribution in [1.82, 2.24) is 14.5 Å². The number of ether oxygens (including phenoxy) is 2. The van der Waals surface area contributed by atoms with E-state index in [2.05, 4.69) is 9.97 Å². The summed E-state index contributed by atoms with van der Waals surface area (Å²) < 4.78 is 28.7. The third-order valence-corrected chi connectivity index (χ3v) is 5.25. The maximum absolute atomic E-state index is 16.4. The van der Waals surface area contributed by atoms with Crippen molar-refractivity contribution in [3.63, 3.8) is 0 Å². The number of carbonyl (C=O) groups excluding carboxylic acids is 1. The Balaban J connectivity index is 1.93. The summed E-state index contributed by atoms with van der Waals surface area (Å²) >= 11 is 0. The average Bonchev–Trinajstić information content (AvgIpc) is 3.36. The molecule has 2 aromatic carbocycles. The SMILES string of the molecule is COc1cc(C)c2c(ccn2C(=O)OC(C)(C)C)c1C(N)(F)c1nc2cc(C#N)ccc2[nH]1. The number of alkyl halides is 1. The van der Waals surface area contributed by atoms with Gasteiger partial charge in [-0.25, -0.2) is 14.2 Å². The number of benzene rings is 2. The lowest BCUT2D eigenvalue weighted by molar-refractivity contribution is 0.0544. The van der Waals surface area contributed by atoms with E-state index in [1.165, 1.54) is 17.9 Å². The predicted molar refractivity (Wildman–Crippen MR) is 122 cm³/mol. The number of fused-ring (bicyclic) bond motifs is 2. The summed E-state index contributed by atoms with van der Waals surface area (Å²) in [6, 6.07) is 10.0. The van der Waals surface area contributed by atoms with Crippen LogP contribution in [0.4, 0.5) is 9.18 Å². The number of aryl methyl sites for hydroxylation is 1. The van der Waals surface area contributed by atoms with Gasteiger partial charge < -0.3 is 14.5 Å². The van der Waals surface area contributed by atoms with Crippen LogP contribution in [0.2, 0.25) is 0 Å². The van der Waals surface area contributed by atoms with Crippen molar-refractivity contribution in [3.8, 4) is 11.8 Å². The van der Waals surface area contributed by atoms with Gasteiger partial charge in [-0.05, 0) is 63.6 Å². The molecule has 4 rings (SSSR count). The lowest BCUT2D eigenvalue weighted by Gasteiger charge is -2.23. The van der Waals surface area contributed by atoms with E-state index in [0.717, 1.165) is 0 Å². The minimum atomic E-state index is -2.59. The van der Waals surface area contributed by atoms with Gasteiger partial charge in [-0.2, -0.15) is 5.26 Å². The topological polar surface area (TPSA) is 119 Å². The van der Waals surface area contributed by atoms with Crippen LogP contribution in [0.5, 0.6) is 5.75 Å². The fraction of sp³-hybridized carbons (Fsp3) is 0.292. The Bertz CT molecular complexity index is 1440. The monoisotopic (exact) mass is 449 g/mol. The van der Waals surface area contributed by atoms with E-state index >= 15 is 4.39 Å². The quantitative estimate of drug-likeness (QED) is 0.441. The van der Waals surface area contributed by atoms with E-state index in [-0.39, 0.29) is 17.1 Å². The molecular formula is C24H24FN5O3. The number of nitriles is 1. The first-order valence-electron chi connectivity index (χ1n) is 10.3. The van der Waals surface area contributed by atoms with Crippen molar-refractivity contribution in [2.24, 2.45) is 5.73 Å². The normalized spacial score (nSPS) is 13.6. The molecule has 0 aliphatic rings. The van der Waals surface area contributed by atoms with Crippen LogP contribution in [0.15, 0.2) is 36.5 Å². The molecule has 1 unspecified atom stereocenters. The molecule has 0 aliphatic carbocycles. The Morgan fingerprint density at radius 3 is 2.64 bits per heavy atom. The fourth-order valence-electron chi connectivity index (χ4n) is 3.87. The number of nitrogens with zero attached hydrogens (tertiary/aromatic N) is 3. The predicted octanol–water partition coefficient (Wildman–Crippen LogP) is 4.62. The summed E-state index contributed by atoms with van der Waals surface area (Å²) in [5, 5.41) is 9.52. The molecule has 8 nitrogen and oxygen atoms in total. The van der Waals surface area contributed by atoms with Crippen molar-refractivity contribution < 1.29 is 18.7 Å². The fourth-order valence-corrected chi connectivity index (χ4v) is 3.87. The third-order valence-electron chi connectivity index (χ3n) is 5.25. The molecule has 0 bridgehead atoms. The average molecular weight is 449 g/mol. The number of nitrogens with two attached hydrogens (primary N) is 1. The first kappa shape index (κ1) is 22.3. The second-order valence-electron chi connectivity index (χ2n) is 8.84. The van der Waals surface area contributed by atoms with E-state index in [4.69, 9.17) is 20.5 Å². The van der Waals surface area contributed by atoms with Crippen molar-refractivity contribution in [3.05, 3.63) is 59.0 Å². The van der Waals surface area contributed by atoms with E-state index < -0.39 is 17.5 Å². The molecule has 0 spiro atoms. The minimum absolute atomic E-state index is 0.0208. The van der Waals surface area contributed by atoms with Gasteiger partial charge in [0.15, 0.2) is 5.82 Å². The number of hydrogen-bond donors (Lipinski definition) is 2. The number of imidazole rings is 1. The zero-order valence-corrected chi connectivity index (χ0v) is 19.0. The third kappa shape index (κ3) is 3.79. The molecule has 0 saturated heterocycles. The number of carbonyl (C=O) groups is 1. The van der Waals surface area contributed by atoms with E-state index in [0.29, 0.717) is 33.1 Å². The zero-order chi connectivity index (χ0) is 24.1. The number of methoxy groups -OCH3 is 1. The molecule has 0 amide bonds. The molecule has 3 N–H and O–H groups in total. The lowest BCUT2D eigenvalue weighted by atomic mass is 9.96. The summed E-state index contributed by atoms with van der Waals surface area (Å²) in [7, 11) is 1.42.